The second-order valence-electron chi connectivity index (χ2n) is 7.40. The lowest BCUT2D eigenvalue weighted by molar-refractivity contribution is 0.142. The molecule has 3 aliphatic rings. The Morgan fingerprint density at radius 1 is 1.36 bits per heavy atom. The van der Waals surface area contributed by atoms with Crippen LogP contribution in [-0.4, -0.2) is 38.1 Å². The second kappa shape index (κ2) is 6.15. The van der Waals surface area contributed by atoms with Crippen LogP contribution in [-0.2, 0) is 14.9 Å². The van der Waals surface area contributed by atoms with E-state index in [0.717, 1.165) is 23.4 Å². The van der Waals surface area contributed by atoms with Crippen LogP contribution in [0.5, 0.6) is 0 Å². The summed E-state index contributed by atoms with van der Waals surface area (Å²) in [5.74, 6) is 0.591. The molecule has 11 heteroatoms. The van der Waals surface area contributed by atoms with E-state index in [2.05, 4.69) is 30.8 Å². The maximum absolute atomic E-state index is 13.0. The van der Waals surface area contributed by atoms with Crippen LogP contribution in [0.2, 0.25) is 0 Å². The van der Waals surface area contributed by atoms with Gasteiger partial charge in [-0.15, -0.1) is 11.3 Å². The lowest BCUT2D eigenvalue weighted by Crippen LogP contribution is -2.41. The summed E-state index contributed by atoms with van der Waals surface area (Å²) in [7, 11) is -3.65. The molecule has 0 atom stereocenters. The van der Waals surface area contributed by atoms with Gasteiger partial charge in [-0.2, -0.15) is 0 Å². The lowest BCUT2D eigenvalue weighted by Gasteiger charge is -2.24. The van der Waals surface area contributed by atoms with E-state index in [9.17, 15) is 8.42 Å². The van der Waals surface area contributed by atoms with Crippen molar-refractivity contribution in [1.29, 1.82) is 0 Å². The third-order valence-electron chi connectivity index (χ3n) is 5.01. The number of hydrogen-bond donors (Lipinski definition) is 1. The molecule has 8 nitrogen and oxygen atoms in total. The minimum atomic E-state index is -3.65. The molecule has 1 aromatic carbocycles. The van der Waals surface area contributed by atoms with Crippen molar-refractivity contribution in [3.63, 3.8) is 0 Å². The molecule has 0 saturated heterocycles. The number of hydrogen-bond acceptors (Lipinski definition) is 8. The van der Waals surface area contributed by atoms with E-state index in [-0.39, 0.29) is 10.4 Å². The number of thiazole rings is 1. The first kappa shape index (κ1) is 18.3. The molecular formula is C17H18BrN5O3S2. The van der Waals surface area contributed by atoms with E-state index in [1.165, 1.54) is 11.3 Å². The summed E-state index contributed by atoms with van der Waals surface area (Å²) in [6.07, 6.45) is 3.49. The summed E-state index contributed by atoms with van der Waals surface area (Å²) in [5, 5.41) is 4.94. The zero-order chi connectivity index (χ0) is 19.7. The highest BCUT2D eigenvalue weighted by molar-refractivity contribution is 9.10. The summed E-state index contributed by atoms with van der Waals surface area (Å²) in [6.45, 7) is 4.98. The fourth-order valence-electron chi connectivity index (χ4n) is 3.33. The van der Waals surface area contributed by atoms with Crippen molar-refractivity contribution in [2.45, 2.75) is 37.1 Å². The number of nitrogens with one attached hydrogen (secondary N) is 1. The van der Waals surface area contributed by atoms with E-state index >= 15 is 0 Å². The molecule has 0 spiro atoms. The van der Waals surface area contributed by atoms with Gasteiger partial charge in [0.05, 0.1) is 22.8 Å². The third-order valence-corrected chi connectivity index (χ3v) is 8.13. The average molecular weight is 484 g/mol. The number of anilines is 3. The molecule has 0 amide bonds. The Balaban J connectivity index is 1.67. The summed E-state index contributed by atoms with van der Waals surface area (Å²) < 4.78 is 29.4. The van der Waals surface area contributed by atoms with Crippen LogP contribution in [0.1, 0.15) is 24.6 Å². The Hall–Kier alpha value is -1.69. The number of oxime groups is 1. The molecule has 1 N–H and O–H groups in total. The van der Waals surface area contributed by atoms with Gasteiger partial charge in [0.15, 0.2) is 5.13 Å². The van der Waals surface area contributed by atoms with Crippen molar-refractivity contribution >= 4 is 59.8 Å². The molecule has 5 rings (SSSR count). The average Bonchev–Trinajstić information content (AvgIpc) is 3.05. The molecule has 1 saturated carbocycles. The van der Waals surface area contributed by atoms with E-state index in [0.29, 0.717) is 34.4 Å². The molecule has 1 aromatic heterocycles. The quantitative estimate of drug-likeness (QED) is 0.717. The Morgan fingerprint density at radius 3 is 2.82 bits per heavy atom. The number of aromatic nitrogens is 1. The fourth-order valence-corrected chi connectivity index (χ4v) is 6.42. The van der Waals surface area contributed by atoms with Gasteiger partial charge in [-0.05, 0) is 59.9 Å². The summed E-state index contributed by atoms with van der Waals surface area (Å²) in [4.78, 5) is 14.9. The number of nitrogens with zero attached hydrogens (tertiary/aromatic N) is 4. The first-order valence-electron chi connectivity index (χ1n) is 8.85. The predicted octanol–water partition coefficient (Wildman–Crippen LogP) is 3.30. The van der Waals surface area contributed by atoms with Gasteiger partial charge in [0.1, 0.15) is 6.61 Å². The molecule has 28 heavy (non-hydrogen) atoms. The highest BCUT2D eigenvalue weighted by atomic mass is 79.9. The Labute approximate surface area is 175 Å². The van der Waals surface area contributed by atoms with Gasteiger partial charge in [0.2, 0.25) is 10.0 Å². The molecule has 0 unspecified atom stereocenters. The highest BCUT2D eigenvalue weighted by Crippen LogP contribution is 2.49. The van der Waals surface area contributed by atoms with Crippen molar-refractivity contribution in [1.82, 2.24) is 9.71 Å². The van der Waals surface area contributed by atoms with Gasteiger partial charge in [-0.25, -0.2) is 18.1 Å². The minimum absolute atomic E-state index is 0.214. The van der Waals surface area contributed by atoms with Crippen LogP contribution in [0.25, 0.3) is 0 Å². The van der Waals surface area contributed by atoms with E-state index < -0.39 is 10.0 Å². The number of fused-ring (bicyclic) bond motifs is 3. The van der Waals surface area contributed by atoms with Gasteiger partial charge in [0.25, 0.3) is 5.96 Å². The van der Waals surface area contributed by atoms with Gasteiger partial charge in [-0.1, -0.05) is 0 Å². The lowest BCUT2D eigenvalue weighted by atomic mass is 10.2. The largest absolute Gasteiger partial charge is 0.391 e. The molecule has 1 fully saturated rings. The molecule has 2 aromatic rings. The summed E-state index contributed by atoms with van der Waals surface area (Å²) >= 11 is 5.09. The number of benzene rings is 1. The predicted molar refractivity (Wildman–Crippen MR) is 112 cm³/mol. The zero-order valence-electron chi connectivity index (χ0n) is 15.3. The summed E-state index contributed by atoms with van der Waals surface area (Å²) in [6, 6.07) is 3.34. The molecule has 1 aliphatic carbocycles. The van der Waals surface area contributed by atoms with Crippen LogP contribution >= 0.6 is 27.3 Å². The highest BCUT2D eigenvalue weighted by Gasteiger charge is 2.43. The smallest absolute Gasteiger partial charge is 0.254 e. The zero-order valence-corrected chi connectivity index (χ0v) is 18.5. The van der Waals surface area contributed by atoms with Gasteiger partial charge >= 0.3 is 0 Å². The Kier molecular flexibility index (Phi) is 4.03. The van der Waals surface area contributed by atoms with Crippen LogP contribution < -0.4 is 14.5 Å². The van der Waals surface area contributed by atoms with E-state index in [1.807, 2.05) is 23.6 Å². The van der Waals surface area contributed by atoms with Crippen molar-refractivity contribution in [3.8, 4) is 0 Å². The number of guanidine groups is 1. The van der Waals surface area contributed by atoms with Gasteiger partial charge in [0, 0.05) is 21.1 Å². The maximum Gasteiger partial charge on any atom is 0.254 e. The molecular weight excluding hydrogens is 466 g/mol. The molecule has 3 heterocycles. The van der Waals surface area contributed by atoms with Crippen LogP contribution in [0.3, 0.4) is 0 Å². The van der Waals surface area contributed by atoms with Crippen molar-refractivity contribution < 1.29 is 13.3 Å². The molecule has 148 valence electrons. The molecule has 2 aliphatic heterocycles. The van der Waals surface area contributed by atoms with E-state index in [1.54, 1.807) is 18.3 Å². The second-order valence-corrected chi connectivity index (χ2v) is 11.2. The van der Waals surface area contributed by atoms with Gasteiger partial charge < -0.3 is 9.74 Å². The SMILES string of the molecule is Cc1cnc(N2C3=NOCCN3c3c(Br)cc(S(=O)(=O)NC4(C)CC4)cc32)s1. The molecule has 0 bridgehead atoms. The number of aryl methyl sites for hydroxylation is 1. The Morgan fingerprint density at radius 2 is 2.14 bits per heavy atom. The molecule has 0 radical (unpaired) electrons. The fraction of sp³-hybridized carbons (Fsp3) is 0.412. The minimum Gasteiger partial charge on any atom is -0.391 e. The summed E-state index contributed by atoms with van der Waals surface area (Å²) in [5.41, 5.74) is 1.24. The van der Waals surface area contributed by atoms with Crippen LogP contribution in [0, 0.1) is 6.92 Å². The monoisotopic (exact) mass is 483 g/mol. The third kappa shape index (κ3) is 2.92. The van der Waals surface area contributed by atoms with Crippen LogP contribution in [0.4, 0.5) is 16.5 Å². The maximum atomic E-state index is 13.0. The van der Waals surface area contributed by atoms with Crippen LogP contribution in [0.15, 0.2) is 32.9 Å². The number of sulfonamides is 1. The van der Waals surface area contributed by atoms with E-state index in [4.69, 9.17) is 4.84 Å². The Bertz CT molecular complexity index is 1110. The normalized spacial score (nSPS) is 19.8. The number of halogens is 1. The first-order chi connectivity index (χ1) is 13.3. The van der Waals surface area contributed by atoms with Gasteiger partial charge in [-0.3, -0.25) is 4.90 Å². The first-order valence-corrected chi connectivity index (χ1v) is 11.9. The van der Waals surface area contributed by atoms with Crippen molar-refractivity contribution in [3.05, 3.63) is 27.7 Å². The topological polar surface area (TPSA) is 87.1 Å². The standard InChI is InChI=1S/C17H18BrN5O3S2/c1-10-9-19-16(27-10)23-13-8-11(28(24,25)21-17(2)3-4-17)7-12(18)14(13)22-5-6-26-20-15(22)23/h7-9,21H,3-6H2,1-2H3. The van der Waals surface area contributed by atoms with Crippen molar-refractivity contribution in [2.75, 3.05) is 23.0 Å². The number of rotatable bonds is 4. The van der Waals surface area contributed by atoms with Crippen molar-refractivity contribution in [2.24, 2.45) is 5.16 Å².